The van der Waals surface area contributed by atoms with Crippen LogP contribution in [0.1, 0.15) is 75.3 Å². The molecule has 3 aromatic rings. The molecule has 18 heteroatoms. The monoisotopic (exact) mass is 907 g/mol. The summed E-state index contributed by atoms with van der Waals surface area (Å²) in [7, 11) is 1.78. The minimum absolute atomic E-state index is 0.0904. The number of para-hydroxylation sites is 1. The maximum absolute atomic E-state index is 15.3. The molecule has 10 unspecified atom stereocenters. The lowest BCUT2D eigenvalue weighted by Gasteiger charge is -2.63. The maximum atomic E-state index is 15.3. The summed E-state index contributed by atoms with van der Waals surface area (Å²) >= 11 is 0. The van der Waals surface area contributed by atoms with Gasteiger partial charge in [0.15, 0.2) is 6.10 Å². The van der Waals surface area contributed by atoms with Gasteiger partial charge in [0.2, 0.25) is 5.60 Å². The van der Waals surface area contributed by atoms with Crippen LogP contribution in [0.25, 0.3) is 10.9 Å². The highest BCUT2D eigenvalue weighted by Crippen LogP contribution is 2.68. The molecule has 2 saturated heterocycles. The third-order valence-electron chi connectivity index (χ3n) is 15.7. The van der Waals surface area contributed by atoms with Crippen LogP contribution in [0, 0.1) is 11.3 Å². The Balaban J connectivity index is 0.00000106. The van der Waals surface area contributed by atoms with Crippen LogP contribution in [0.15, 0.2) is 48.6 Å². The van der Waals surface area contributed by atoms with E-state index in [9.17, 15) is 19.8 Å². The molecule has 17 nitrogen and oxygen atoms in total. The molecule has 10 atom stereocenters. The van der Waals surface area contributed by atoms with Crippen molar-refractivity contribution in [1.82, 2.24) is 20.1 Å². The molecule has 6 N–H and O–H groups in total. The van der Waals surface area contributed by atoms with Gasteiger partial charge < -0.3 is 39.6 Å². The number of aromatic nitrogens is 1. The summed E-state index contributed by atoms with van der Waals surface area (Å²) in [5.41, 5.74) is -1.32. The molecule has 1 saturated carbocycles. The number of ether oxygens (including phenoxy) is 3. The van der Waals surface area contributed by atoms with E-state index in [1.54, 1.807) is 7.11 Å². The van der Waals surface area contributed by atoms with Gasteiger partial charge in [-0.15, -0.1) is 0 Å². The van der Waals surface area contributed by atoms with Gasteiger partial charge in [-0.1, -0.05) is 44.2 Å². The molecule has 1 amide bonds. The van der Waals surface area contributed by atoms with Crippen LogP contribution in [0.5, 0.6) is 5.75 Å². The highest BCUT2D eigenvalue weighted by molar-refractivity contribution is 7.79. The molecule has 1 spiro atoms. The molecule has 0 radical (unpaired) electrons. The van der Waals surface area contributed by atoms with Crippen LogP contribution in [-0.2, 0) is 51.5 Å². The van der Waals surface area contributed by atoms with Crippen molar-refractivity contribution in [2.24, 2.45) is 11.3 Å². The summed E-state index contributed by atoms with van der Waals surface area (Å²) < 4.78 is 50.1. The second kappa shape index (κ2) is 16.1. The Morgan fingerprint density at radius 2 is 1.72 bits per heavy atom. The molecule has 1 aliphatic carbocycles. The summed E-state index contributed by atoms with van der Waals surface area (Å²) in [6, 6.07) is 11.1. The summed E-state index contributed by atoms with van der Waals surface area (Å²) in [6.07, 6.45) is 6.14. The zero-order valence-corrected chi connectivity index (χ0v) is 38.3. The van der Waals surface area contributed by atoms with Crippen molar-refractivity contribution >= 4 is 44.8 Å². The van der Waals surface area contributed by atoms with Crippen LogP contribution in [0.4, 0.5) is 5.69 Å². The number of amides is 1. The van der Waals surface area contributed by atoms with Crippen LogP contribution in [-0.4, -0.2) is 151 Å². The number of piperidine rings is 1. The number of nitrogens with zero attached hydrogens (tertiary/aromatic N) is 3. The maximum Gasteiger partial charge on any atom is 0.394 e. The molecule has 9 rings (SSSR count). The van der Waals surface area contributed by atoms with E-state index in [2.05, 4.69) is 44.4 Å². The fraction of sp³-hybridized carbons (Fsp3) is 0.587. The van der Waals surface area contributed by atoms with Gasteiger partial charge in [0.25, 0.3) is 5.91 Å². The number of hydrogen-bond donors (Lipinski definition) is 6. The number of rotatable bonds is 7. The first kappa shape index (κ1) is 46.0. The molecule has 6 heterocycles. The van der Waals surface area contributed by atoms with Crippen molar-refractivity contribution in [3.63, 3.8) is 0 Å². The zero-order chi connectivity index (χ0) is 46.4. The molecule has 1 aromatic heterocycles. The fourth-order valence-electron chi connectivity index (χ4n) is 13.6. The standard InChI is InChI=1S/C46H59N5O8.H2O4S/c1-8-42(55)23-28-24-45(41(54)58-7,36-30(15-19-50(25-28)26-42)29-13-10-11-14-33(29)48-36)32-21-31-34(22-35(32)57-6)49(5)38-44(31)17-20-51-18-12-16-43(9-2,37(44)51)39(59-27(3)52)46(38,56)40(53)47-4;1-5(2,3)4/h10-14,16,21-22,28,37-39,48,55-56H,8-9,15,17-20,23-26H2,1-7H3,(H,47,53);(H2,1,2,3,4). The minimum Gasteiger partial charge on any atom is -0.496 e. The van der Waals surface area contributed by atoms with E-state index >= 15 is 4.79 Å². The van der Waals surface area contributed by atoms with Crippen LogP contribution >= 0.6 is 0 Å². The molecule has 348 valence electrons. The quantitative estimate of drug-likeness (QED) is 0.114. The molecular weight excluding hydrogens is 847 g/mol. The Morgan fingerprint density at radius 3 is 2.36 bits per heavy atom. The van der Waals surface area contributed by atoms with E-state index in [-0.39, 0.29) is 12.0 Å². The number of aromatic amines is 1. The number of likely N-dealkylation sites (N-methyl/N-ethyl adjacent to an activating group) is 2. The number of hydrogen-bond acceptors (Lipinski definition) is 13. The molecule has 5 aliphatic heterocycles. The van der Waals surface area contributed by atoms with E-state index in [1.807, 2.05) is 50.1 Å². The lowest BCUT2D eigenvalue weighted by atomic mass is 9.47. The Labute approximate surface area is 373 Å². The lowest BCUT2D eigenvalue weighted by Crippen LogP contribution is -2.82. The van der Waals surface area contributed by atoms with Crippen LogP contribution < -0.4 is 15.0 Å². The number of esters is 2. The van der Waals surface area contributed by atoms with Crippen LogP contribution in [0.2, 0.25) is 0 Å². The number of aliphatic hydroxyl groups is 2. The normalized spacial score (nSPS) is 35.0. The van der Waals surface area contributed by atoms with Crippen molar-refractivity contribution in [2.75, 3.05) is 65.9 Å². The molecular formula is C46H61N5O12S. The van der Waals surface area contributed by atoms with E-state index in [4.69, 9.17) is 31.7 Å². The number of benzene rings is 2. The highest BCUT2D eigenvalue weighted by Gasteiger charge is 2.80. The van der Waals surface area contributed by atoms with E-state index in [0.29, 0.717) is 82.6 Å². The summed E-state index contributed by atoms with van der Waals surface area (Å²) in [5.74, 6) is -1.25. The first-order chi connectivity index (χ1) is 30.2. The summed E-state index contributed by atoms with van der Waals surface area (Å²) in [6.45, 7) is 8.72. The number of fused-ring (bicyclic) bond motifs is 6. The topological polar surface area (TPSA) is 231 Å². The van der Waals surface area contributed by atoms with Gasteiger partial charge in [-0.05, 0) is 74.2 Å². The lowest BCUT2D eigenvalue weighted by molar-refractivity contribution is -0.217. The van der Waals surface area contributed by atoms with E-state index in [0.717, 1.165) is 33.4 Å². The Morgan fingerprint density at radius 1 is 1.00 bits per heavy atom. The molecule has 6 aliphatic rings. The SMILES string of the molecule is CCC1(O)CC2CN(CCc3c([nH]c4ccccc34)C(C(=O)OC)(c3cc4c(cc3OC)N(C)C3C(O)(C(=O)NC)C(OC(C)=O)C5(CC)C=CCN6CCC43C65)C2)C1.O=S(=O)(O)O. The van der Waals surface area contributed by atoms with Crippen LogP contribution in [0.3, 0.4) is 0 Å². The average molecular weight is 908 g/mol. The molecule has 2 aromatic carbocycles. The van der Waals surface area contributed by atoms with Gasteiger partial charge in [0.1, 0.15) is 11.2 Å². The largest absolute Gasteiger partial charge is 0.496 e. The number of anilines is 1. The number of H-pyrrole nitrogens is 1. The van der Waals surface area contributed by atoms with E-state index < -0.39 is 67.8 Å². The first-order valence-electron chi connectivity index (χ1n) is 22.0. The predicted molar refractivity (Wildman–Crippen MR) is 237 cm³/mol. The molecule has 3 fully saturated rings. The average Bonchev–Trinajstić information content (AvgIpc) is 3.92. The van der Waals surface area contributed by atoms with Crippen molar-refractivity contribution in [3.8, 4) is 5.75 Å². The summed E-state index contributed by atoms with van der Waals surface area (Å²) in [4.78, 5) is 53.4. The smallest absolute Gasteiger partial charge is 0.394 e. The van der Waals surface area contributed by atoms with Crippen molar-refractivity contribution in [1.29, 1.82) is 0 Å². The Kier molecular flexibility index (Phi) is 11.6. The molecule has 64 heavy (non-hydrogen) atoms. The summed E-state index contributed by atoms with van der Waals surface area (Å²) in [5, 5.41) is 29.2. The van der Waals surface area contributed by atoms with E-state index in [1.165, 1.54) is 21.1 Å². The third kappa shape index (κ3) is 6.69. The molecule has 2 bridgehead atoms. The van der Waals surface area contributed by atoms with Gasteiger partial charge in [-0.3, -0.25) is 33.3 Å². The second-order valence-corrected chi connectivity index (χ2v) is 19.6. The van der Waals surface area contributed by atoms with Crippen molar-refractivity contribution in [2.45, 2.75) is 99.5 Å². The van der Waals surface area contributed by atoms with Gasteiger partial charge >= 0.3 is 22.3 Å². The third-order valence-corrected chi connectivity index (χ3v) is 15.7. The van der Waals surface area contributed by atoms with Gasteiger partial charge in [0.05, 0.1) is 25.9 Å². The van der Waals surface area contributed by atoms with Crippen molar-refractivity contribution < 1.29 is 56.3 Å². The van der Waals surface area contributed by atoms with Gasteiger partial charge in [0, 0.05) is 98.0 Å². The zero-order valence-electron chi connectivity index (χ0n) is 37.5. The van der Waals surface area contributed by atoms with Gasteiger partial charge in [-0.25, -0.2) is 0 Å². The first-order valence-corrected chi connectivity index (χ1v) is 23.4. The second-order valence-electron chi connectivity index (χ2n) is 18.7. The number of carbonyl (C=O) groups is 3. The van der Waals surface area contributed by atoms with Crippen molar-refractivity contribution in [3.05, 3.63) is 70.9 Å². The Hall–Kier alpha value is -4.56. The highest BCUT2D eigenvalue weighted by atomic mass is 32.3. The fourth-order valence-corrected chi connectivity index (χ4v) is 13.6. The predicted octanol–water partition coefficient (Wildman–Crippen LogP) is 2.91. The minimum atomic E-state index is -4.67. The number of carbonyl (C=O) groups excluding carboxylic acids is 3. The Bertz CT molecular complexity index is 2510. The number of nitrogens with one attached hydrogen (secondary N) is 2. The number of methoxy groups -OCH3 is 2. The van der Waals surface area contributed by atoms with Gasteiger partial charge in [-0.2, -0.15) is 8.42 Å².